The maximum Gasteiger partial charge on any atom is 0.315 e. The molecule has 1 aromatic carbocycles. The van der Waals surface area contributed by atoms with Gasteiger partial charge in [0.05, 0.1) is 12.6 Å². The van der Waals surface area contributed by atoms with Gasteiger partial charge in [0.1, 0.15) is 17.9 Å². The second kappa shape index (κ2) is 7.72. The largest absolute Gasteiger partial charge is 0.497 e. The summed E-state index contributed by atoms with van der Waals surface area (Å²) in [6, 6.07) is 11.5. The van der Waals surface area contributed by atoms with E-state index in [1.54, 1.807) is 25.8 Å². The van der Waals surface area contributed by atoms with E-state index in [0.29, 0.717) is 6.54 Å². The number of pyridine rings is 1. The predicted octanol–water partition coefficient (Wildman–Crippen LogP) is 3.15. The Morgan fingerprint density at radius 3 is 2.86 bits per heavy atom. The molecule has 0 radical (unpaired) electrons. The number of benzene rings is 1. The van der Waals surface area contributed by atoms with Crippen molar-refractivity contribution in [3.63, 3.8) is 0 Å². The normalized spacial score (nSPS) is 14.8. The quantitative estimate of drug-likeness (QED) is 0.691. The van der Waals surface area contributed by atoms with E-state index in [0.717, 1.165) is 42.0 Å². The number of nitrogens with one attached hydrogen (secondary N) is 2. The zero-order chi connectivity index (χ0) is 19.4. The van der Waals surface area contributed by atoms with Crippen molar-refractivity contribution in [3.8, 4) is 11.6 Å². The van der Waals surface area contributed by atoms with Gasteiger partial charge in [-0.05, 0) is 43.0 Å². The Morgan fingerprint density at radius 2 is 2.14 bits per heavy atom. The van der Waals surface area contributed by atoms with Crippen LogP contribution in [0.25, 0.3) is 5.82 Å². The third-order valence-electron chi connectivity index (χ3n) is 5.24. The van der Waals surface area contributed by atoms with E-state index in [9.17, 15) is 4.79 Å². The van der Waals surface area contributed by atoms with Gasteiger partial charge in [0.15, 0.2) is 0 Å². The summed E-state index contributed by atoms with van der Waals surface area (Å²) in [4.78, 5) is 21.1. The minimum Gasteiger partial charge on any atom is -0.497 e. The summed E-state index contributed by atoms with van der Waals surface area (Å²) in [5, 5.41) is 6.15. The van der Waals surface area contributed by atoms with Crippen LogP contribution in [0.4, 0.5) is 4.79 Å². The molecule has 0 saturated heterocycles. The maximum absolute atomic E-state index is 12.7. The van der Waals surface area contributed by atoms with Crippen molar-refractivity contribution in [2.24, 2.45) is 0 Å². The molecule has 2 N–H and O–H groups in total. The molecule has 1 fully saturated rings. The number of ether oxygens (including phenoxy) is 1. The van der Waals surface area contributed by atoms with Crippen molar-refractivity contribution >= 4 is 6.03 Å². The van der Waals surface area contributed by atoms with Gasteiger partial charge in [0.25, 0.3) is 0 Å². The molecule has 1 saturated carbocycles. The molecule has 3 aromatic rings. The summed E-state index contributed by atoms with van der Waals surface area (Å²) in [5.41, 5.74) is 1.66. The smallest absolute Gasteiger partial charge is 0.315 e. The van der Waals surface area contributed by atoms with Crippen LogP contribution in [0.5, 0.6) is 5.75 Å². The van der Waals surface area contributed by atoms with Crippen molar-refractivity contribution in [2.75, 3.05) is 7.11 Å². The highest BCUT2D eigenvalue weighted by Crippen LogP contribution is 2.42. The number of urea groups is 1. The summed E-state index contributed by atoms with van der Waals surface area (Å²) >= 11 is 0. The van der Waals surface area contributed by atoms with Crippen LogP contribution in [0.1, 0.15) is 30.4 Å². The SMILES string of the molecule is COc1cccc(C2(NC(=O)NCc3cccnc3-n3ccnc3)CCC2)c1. The van der Waals surface area contributed by atoms with Crippen LogP contribution in [0.3, 0.4) is 0 Å². The Bertz CT molecular complexity index is 951. The molecule has 0 unspecified atom stereocenters. The number of aromatic nitrogens is 3. The molecule has 0 spiro atoms. The Labute approximate surface area is 163 Å². The summed E-state index contributed by atoms with van der Waals surface area (Å²) in [6.07, 6.45) is 9.88. The molecule has 144 valence electrons. The van der Waals surface area contributed by atoms with Gasteiger partial charge in [0.2, 0.25) is 0 Å². The lowest BCUT2D eigenvalue weighted by molar-refractivity contribution is 0.177. The van der Waals surface area contributed by atoms with Crippen LogP contribution < -0.4 is 15.4 Å². The van der Waals surface area contributed by atoms with Gasteiger partial charge in [-0.2, -0.15) is 0 Å². The monoisotopic (exact) mass is 377 g/mol. The van der Waals surface area contributed by atoms with Crippen LogP contribution in [-0.2, 0) is 12.1 Å². The summed E-state index contributed by atoms with van der Waals surface area (Å²) in [5.74, 6) is 1.55. The lowest BCUT2D eigenvalue weighted by Gasteiger charge is -2.43. The molecule has 2 amide bonds. The number of carbonyl (C=O) groups excluding carboxylic acids is 1. The fourth-order valence-electron chi connectivity index (χ4n) is 3.56. The Kier molecular flexibility index (Phi) is 4.97. The number of methoxy groups -OCH3 is 1. The molecule has 0 aliphatic heterocycles. The molecular formula is C21H23N5O2. The zero-order valence-corrected chi connectivity index (χ0v) is 15.8. The number of nitrogens with zero attached hydrogens (tertiary/aromatic N) is 3. The van der Waals surface area contributed by atoms with Gasteiger partial charge in [-0.15, -0.1) is 0 Å². The maximum atomic E-state index is 12.7. The third-order valence-corrected chi connectivity index (χ3v) is 5.24. The van der Waals surface area contributed by atoms with E-state index >= 15 is 0 Å². The molecule has 1 aliphatic carbocycles. The zero-order valence-electron chi connectivity index (χ0n) is 15.8. The van der Waals surface area contributed by atoms with Crippen molar-refractivity contribution < 1.29 is 9.53 Å². The average molecular weight is 377 g/mol. The first-order valence-electron chi connectivity index (χ1n) is 9.33. The fraction of sp³-hybridized carbons (Fsp3) is 0.286. The standard InChI is InChI=1S/C21H23N5O2/c1-28-18-7-2-6-17(13-18)21(8-4-9-21)25-20(27)24-14-16-5-3-10-23-19(16)26-12-11-22-15-26/h2-3,5-7,10-13,15H,4,8-9,14H2,1H3,(H2,24,25,27). The first kappa shape index (κ1) is 18.0. The number of hydrogen-bond donors (Lipinski definition) is 2. The second-order valence-corrected chi connectivity index (χ2v) is 6.93. The fourth-order valence-corrected chi connectivity index (χ4v) is 3.56. The van der Waals surface area contributed by atoms with E-state index in [1.165, 1.54) is 0 Å². The van der Waals surface area contributed by atoms with Gasteiger partial charge < -0.3 is 15.4 Å². The van der Waals surface area contributed by atoms with Gasteiger partial charge in [-0.25, -0.2) is 14.8 Å². The lowest BCUT2D eigenvalue weighted by Crippen LogP contribution is -2.53. The molecule has 7 nitrogen and oxygen atoms in total. The highest BCUT2D eigenvalue weighted by atomic mass is 16.5. The van der Waals surface area contributed by atoms with Crippen LogP contribution in [0.2, 0.25) is 0 Å². The van der Waals surface area contributed by atoms with E-state index in [-0.39, 0.29) is 11.6 Å². The second-order valence-electron chi connectivity index (χ2n) is 6.93. The molecule has 4 rings (SSSR count). The van der Waals surface area contributed by atoms with Gasteiger partial charge >= 0.3 is 6.03 Å². The minimum atomic E-state index is -0.333. The molecule has 28 heavy (non-hydrogen) atoms. The van der Waals surface area contributed by atoms with Crippen LogP contribution in [-0.4, -0.2) is 27.7 Å². The Balaban J connectivity index is 1.45. The Morgan fingerprint density at radius 1 is 1.25 bits per heavy atom. The number of amides is 2. The van der Waals surface area contributed by atoms with Crippen molar-refractivity contribution in [1.29, 1.82) is 0 Å². The predicted molar refractivity (Wildman–Crippen MR) is 105 cm³/mol. The van der Waals surface area contributed by atoms with Crippen molar-refractivity contribution in [2.45, 2.75) is 31.3 Å². The van der Waals surface area contributed by atoms with Crippen molar-refractivity contribution in [3.05, 3.63) is 72.4 Å². The van der Waals surface area contributed by atoms with Crippen LogP contribution in [0.15, 0.2) is 61.3 Å². The molecular weight excluding hydrogens is 354 g/mol. The Hall–Kier alpha value is -3.35. The molecule has 7 heteroatoms. The number of hydrogen-bond acceptors (Lipinski definition) is 4. The third kappa shape index (κ3) is 3.55. The number of carbonyl (C=O) groups is 1. The highest BCUT2D eigenvalue weighted by Gasteiger charge is 2.40. The molecule has 1 aliphatic rings. The molecule has 2 aromatic heterocycles. The van der Waals surface area contributed by atoms with Gasteiger partial charge in [-0.1, -0.05) is 18.2 Å². The van der Waals surface area contributed by atoms with Gasteiger partial charge in [0, 0.05) is 30.7 Å². The summed E-state index contributed by atoms with van der Waals surface area (Å²) in [7, 11) is 1.65. The average Bonchev–Trinajstić information content (AvgIpc) is 3.24. The lowest BCUT2D eigenvalue weighted by atomic mass is 9.72. The van der Waals surface area contributed by atoms with Gasteiger partial charge in [-0.3, -0.25) is 4.57 Å². The first-order chi connectivity index (χ1) is 13.7. The topological polar surface area (TPSA) is 81.1 Å². The number of imidazole rings is 1. The first-order valence-corrected chi connectivity index (χ1v) is 9.33. The molecule has 2 heterocycles. The summed E-state index contributed by atoms with van der Waals surface area (Å²) in [6.45, 7) is 0.376. The summed E-state index contributed by atoms with van der Waals surface area (Å²) < 4.78 is 7.17. The van der Waals surface area contributed by atoms with E-state index in [2.05, 4.69) is 20.6 Å². The minimum absolute atomic E-state index is 0.192. The molecule has 0 atom stereocenters. The highest BCUT2D eigenvalue weighted by molar-refractivity contribution is 5.75. The van der Waals surface area contributed by atoms with Crippen LogP contribution in [0, 0.1) is 0 Å². The van der Waals surface area contributed by atoms with E-state index < -0.39 is 0 Å². The molecule has 0 bridgehead atoms. The number of rotatable bonds is 6. The van der Waals surface area contributed by atoms with Crippen LogP contribution >= 0.6 is 0 Å². The van der Waals surface area contributed by atoms with E-state index in [1.807, 2.05) is 47.2 Å². The van der Waals surface area contributed by atoms with Crippen molar-refractivity contribution in [1.82, 2.24) is 25.2 Å². The van der Waals surface area contributed by atoms with E-state index in [4.69, 9.17) is 4.74 Å².